The van der Waals surface area contributed by atoms with E-state index in [1.807, 2.05) is 24.3 Å². The zero-order valence-corrected chi connectivity index (χ0v) is 17.2. The van der Waals surface area contributed by atoms with Crippen LogP contribution in [0.15, 0.2) is 36.4 Å². The molecule has 3 saturated carbocycles. The van der Waals surface area contributed by atoms with E-state index in [4.69, 9.17) is 9.47 Å². The number of hydrogen-bond acceptors (Lipinski definition) is 5. The van der Waals surface area contributed by atoms with Gasteiger partial charge in [0, 0.05) is 24.8 Å². The molecule has 1 N–H and O–H groups in total. The van der Waals surface area contributed by atoms with Gasteiger partial charge in [-0.3, -0.25) is 9.59 Å². The average Bonchev–Trinajstić information content (AvgIpc) is 3.22. The normalized spacial score (nSPS) is 36.3. The van der Waals surface area contributed by atoms with Crippen LogP contribution in [0.25, 0.3) is 0 Å². The molecule has 6 rings (SSSR count). The lowest BCUT2D eigenvalue weighted by molar-refractivity contribution is -0.176. The highest BCUT2D eigenvalue weighted by Gasteiger charge is 2.62. The lowest BCUT2D eigenvalue weighted by Gasteiger charge is -2.60. The quantitative estimate of drug-likeness (QED) is 0.597. The minimum atomic E-state index is -0.778. The van der Waals surface area contributed by atoms with Crippen LogP contribution in [-0.2, 0) is 14.3 Å². The number of esters is 1. The maximum atomic E-state index is 13.5. The monoisotopic (exact) mass is 410 g/mol. The summed E-state index contributed by atoms with van der Waals surface area (Å²) in [5, 5.41) is 3.14. The molecular formula is C23H26N2O5. The number of carbonyl (C=O) groups excluding carboxylic acids is 3. The zero-order chi connectivity index (χ0) is 21.1. The second-order valence-corrected chi connectivity index (χ2v) is 9.18. The molecule has 158 valence electrons. The Kier molecular flexibility index (Phi) is 4.21. The van der Waals surface area contributed by atoms with E-state index in [-0.39, 0.29) is 29.1 Å². The molecule has 5 atom stereocenters. The number of fused-ring (bicyclic) bond motifs is 3. The summed E-state index contributed by atoms with van der Waals surface area (Å²) in [5.41, 5.74) is -0.555. The van der Waals surface area contributed by atoms with E-state index in [2.05, 4.69) is 12.2 Å². The number of para-hydroxylation sites is 1. The summed E-state index contributed by atoms with van der Waals surface area (Å²) >= 11 is 0. The smallest absolute Gasteiger partial charge is 0.332 e. The van der Waals surface area contributed by atoms with Crippen molar-refractivity contribution in [2.24, 2.45) is 17.3 Å². The predicted molar refractivity (Wildman–Crippen MR) is 107 cm³/mol. The topological polar surface area (TPSA) is 84.9 Å². The minimum Gasteiger partial charge on any atom is -0.467 e. The highest BCUT2D eigenvalue weighted by atomic mass is 16.5. The van der Waals surface area contributed by atoms with Gasteiger partial charge in [-0.15, -0.1) is 0 Å². The Labute approximate surface area is 175 Å². The van der Waals surface area contributed by atoms with Crippen molar-refractivity contribution in [3.63, 3.8) is 0 Å². The third-order valence-corrected chi connectivity index (χ3v) is 7.48. The Morgan fingerprint density at radius 1 is 1.30 bits per heavy atom. The fourth-order valence-electron chi connectivity index (χ4n) is 5.91. The molecule has 0 unspecified atom stereocenters. The number of ether oxygens (including phenoxy) is 2. The fraction of sp³-hybridized carbons (Fsp3) is 0.522. The second-order valence-electron chi connectivity index (χ2n) is 9.18. The van der Waals surface area contributed by atoms with Gasteiger partial charge in [0.25, 0.3) is 5.91 Å². The number of nitrogens with one attached hydrogen (secondary N) is 1. The molecule has 1 aromatic carbocycles. The van der Waals surface area contributed by atoms with Crippen LogP contribution < -0.4 is 10.1 Å². The SMILES string of the molecule is COC(=O)[C@H]1C=CCN1C(=O)[C@H]1C[C@H]2CC[C@@]1(C)C[C@@]21NC(=O)c2ccccc2O1. The summed E-state index contributed by atoms with van der Waals surface area (Å²) in [6, 6.07) is 6.64. The van der Waals surface area contributed by atoms with E-state index >= 15 is 0 Å². The molecular weight excluding hydrogens is 384 g/mol. The van der Waals surface area contributed by atoms with E-state index in [1.165, 1.54) is 7.11 Å². The average molecular weight is 410 g/mol. The van der Waals surface area contributed by atoms with Crippen LogP contribution in [0.1, 0.15) is 43.0 Å². The van der Waals surface area contributed by atoms with Gasteiger partial charge in [-0.25, -0.2) is 4.79 Å². The van der Waals surface area contributed by atoms with Gasteiger partial charge in [-0.1, -0.05) is 31.2 Å². The molecule has 0 aromatic heterocycles. The van der Waals surface area contributed by atoms with Crippen molar-refractivity contribution in [3.8, 4) is 5.75 Å². The van der Waals surface area contributed by atoms with Crippen LogP contribution in [0.5, 0.6) is 5.75 Å². The van der Waals surface area contributed by atoms with Crippen LogP contribution in [0.3, 0.4) is 0 Å². The van der Waals surface area contributed by atoms with Crippen LogP contribution >= 0.6 is 0 Å². The van der Waals surface area contributed by atoms with Crippen molar-refractivity contribution >= 4 is 17.8 Å². The van der Waals surface area contributed by atoms with Gasteiger partial charge in [0.2, 0.25) is 5.91 Å². The van der Waals surface area contributed by atoms with Crippen molar-refractivity contribution in [2.75, 3.05) is 13.7 Å². The van der Waals surface area contributed by atoms with E-state index in [9.17, 15) is 14.4 Å². The molecule has 0 saturated heterocycles. The highest BCUT2D eigenvalue weighted by Crippen LogP contribution is 2.59. The molecule has 5 aliphatic rings. The first-order chi connectivity index (χ1) is 14.4. The van der Waals surface area contributed by atoms with Crippen molar-refractivity contribution in [1.29, 1.82) is 0 Å². The van der Waals surface area contributed by atoms with Gasteiger partial charge >= 0.3 is 5.97 Å². The summed E-state index contributed by atoms with van der Waals surface area (Å²) in [7, 11) is 1.34. The van der Waals surface area contributed by atoms with Crippen molar-refractivity contribution in [2.45, 2.75) is 44.4 Å². The number of benzene rings is 1. The van der Waals surface area contributed by atoms with E-state index in [0.29, 0.717) is 30.7 Å². The molecule has 7 heteroatoms. The van der Waals surface area contributed by atoms with Crippen LogP contribution in [0, 0.1) is 17.3 Å². The maximum Gasteiger partial charge on any atom is 0.332 e. The summed E-state index contributed by atoms with van der Waals surface area (Å²) < 4.78 is 11.3. The molecule has 1 spiro atoms. The molecule has 3 fully saturated rings. The fourth-order valence-corrected chi connectivity index (χ4v) is 5.91. The van der Waals surface area contributed by atoms with Crippen molar-refractivity contribution < 1.29 is 23.9 Å². The molecule has 7 nitrogen and oxygen atoms in total. The van der Waals surface area contributed by atoms with Crippen molar-refractivity contribution in [3.05, 3.63) is 42.0 Å². The number of carbonyl (C=O) groups is 3. The number of nitrogens with zero attached hydrogens (tertiary/aromatic N) is 1. The lowest BCUT2D eigenvalue weighted by Crippen LogP contribution is -2.69. The number of hydrogen-bond donors (Lipinski definition) is 1. The Hall–Kier alpha value is -2.83. The number of methoxy groups -OCH3 is 1. The summed E-state index contributed by atoms with van der Waals surface area (Å²) in [6.07, 6.45) is 6.55. The third-order valence-electron chi connectivity index (χ3n) is 7.48. The lowest BCUT2D eigenvalue weighted by atomic mass is 9.52. The van der Waals surface area contributed by atoms with Gasteiger partial charge in [-0.2, -0.15) is 0 Å². The van der Waals surface area contributed by atoms with Gasteiger partial charge < -0.3 is 19.7 Å². The first-order valence-corrected chi connectivity index (χ1v) is 10.5. The van der Waals surface area contributed by atoms with Gasteiger partial charge in [0.15, 0.2) is 5.72 Å². The molecule has 2 bridgehead atoms. The van der Waals surface area contributed by atoms with Gasteiger partial charge in [0.05, 0.1) is 12.7 Å². The van der Waals surface area contributed by atoms with E-state index in [0.717, 1.165) is 12.8 Å². The standard InChI is InChI=1S/C23H26N2O5/c1-22-10-9-14(12-16(22)20(27)25-11-5-7-17(25)21(28)29-2)23(13-22)24-19(26)15-6-3-4-8-18(15)30-23/h3-8,14,16-17H,9-13H2,1-2H3,(H,24,26)/t14-,16-,17-,22+,23+/m1/s1. The number of rotatable bonds is 2. The molecule has 0 radical (unpaired) electrons. The third kappa shape index (κ3) is 2.67. The molecule has 3 aliphatic carbocycles. The first-order valence-electron chi connectivity index (χ1n) is 10.5. The molecule has 2 amide bonds. The maximum absolute atomic E-state index is 13.5. The minimum absolute atomic E-state index is 0.0139. The highest BCUT2D eigenvalue weighted by molar-refractivity contribution is 5.98. The largest absolute Gasteiger partial charge is 0.467 e. The molecule has 2 aliphatic heterocycles. The zero-order valence-electron chi connectivity index (χ0n) is 17.2. The Balaban J connectivity index is 1.41. The van der Waals surface area contributed by atoms with Crippen LogP contribution in [-0.4, -0.2) is 48.1 Å². The van der Waals surface area contributed by atoms with Gasteiger partial charge in [-0.05, 0) is 36.8 Å². The van der Waals surface area contributed by atoms with Gasteiger partial charge in [0.1, 0.15) is 11.8 Å². The molecule has 30 heavy (non-hydrogen) atoms. The molecule has 2 heterocycles. The number of amides is 2. The van der Waals surface area contributed by atoms with E-state index in [1.54, 1.807) is 17.0 Å². The summed E-state index contributed by atoms with van der Waals surface area (Å²) in [5.74, 6) is -0.122. The van der Waals surface area contributed by atoms with Crippen molar-refractivity contribution in [1.82, 2.24) is 10.2 Å². The predicted octanol–water partition coefficient (Wildman–Crippen LogP) is 2.27. The summed E-state index contributed by atoms with van der Waals surface area (Å²) in [6.45, 7) is 2.53. The van der Waals surface area contributed by atoms with E-state index < -0.39 is 17.7 Å². The Morgan fingerprint density at radius 2 is 2.10 bits per heavy atom. The first kappa shape index (κ1) is 19.2. The van der Waals surface area contributed by atoms with Crippen LogP contribution in [0.2, 0.25) is 0 Å². The Bertz CT molecular complexity index is 959. The Morgan fingerprint density at radius 3 is 2.87 bits per heavy atom. The second kappa shape index (κ2) is 6.59. The molecule has 1 aromatic rings. The van der Waals surface area contributed by atoms with Crippen LogP contribution in [0.4, 0.5) is 0 Å². The summed E-state index contributed by atoms with van der Waals surface area (Å²) in [4.78, 5) is 40.0.